The van der Waals surface area contributed by atoms with E-state index in [2.05, 4.69) is 16.4 Å². The van der Waals surface area contributed by atoms with Crippen molar-refractivity contribution in [3.05, 3.63) is 51.5 Å². The van der Waals surface area contributed by atoms with Gasteiger partial charge in [0.15, 0.2) is 5.78 Å². The van der Waals surface area contributed by atoms with Crippen LogP contribution in [0.25, 0.3) is 0 Å². The molecule has 0 saturated heterocycles. The fourth-order valence-electron chi connectivity index (χ4n) is 2.61. The van der Waals surface area contributed by atoms with E-state index in [0.29, 0.717) is 5.78 Å². The molecule has 0 bridgehead atoms. The van der Waals surface area contributed by atoms with Crippen LogP contribution >= 0.6 is 11.3 Å². The molecule has 2 aromatic rings. The van der Waals surface area contributed by atoms with Crippen LogP contribution in [-0.2, 0) is 12.8 Å². The van der Waals surface area contributed by atoms with E-state index in [1.54, 1.807) is 11.3 Å². The molecule has 1 aliphatic rings. The lowest BCUT2D eigenvalue weighted by atomic mass is 9.81. The number of Topliss-reactive ketones (excluding diaryl/α,β-unsaturated/α-hetero) is 1. The highest BCUT2D eigenvalue weighted by Gasteiger charge is 2.27. The van der Waals surface area contributed by atoms with Gasteiger partial charge in [0.05, 0.1) is 10.7 Å². The molecule has 1 aliphatic carbocycles. The van der Waals surface area contributed by atoms with Gasteiger partial charge in [-0.3, -0.25) is 4.79 Å². The zero-order valence-electron chi connectivity index (χ0n) is 10.3. The Morgan fingerprint density at radius 2 is 2.22 bits per heavy atom. The average molecular weight is 257 g/mol. The lowest BCUT2D eigenvalue weighted by Crippen LogP contribution is -2.24. The van der Waals surface area contributed by atoms with Crippen LogP contribution < -0.4 is 0 Å². The number of nitrogens with zero attached hydrogens (tertiary/aromatic N) is 1. The smallest absolute Gasteiger partial charge is 0.166 e. The molecule has 1 unspecified atom stereocenters. The first-order valence-corrected chi connectivity index (χ1v) is 7.15. The average Bonchev–Trinajstić information content (AvgIpc) is 2.79. The molecule has 3 heteroatoms. The van der Waals surface area contributed by atoms with E-state index in [9.17, 15) is 4.79 Å². The van der Waals surface area contributed by atoms with Gasteiger partial charge in [-0.15, -0.1) is 11.3 Å². The summed E-state index contributed by atoms with van der Waals surface area (Å²) in [5.41, 5.74) is 3.18. The highest BCUT2D eigenvalue weighted by Crippen LogP contribution is 2.28. The van der Waals surface area contributed by atoms with Crippen molar-refractivity contribution < 1.29 is 4.79 Å². The van der Waals surface area contributed by atoms with E-state index in [-0.39, 0.29) is 5.92 Å². The lowest BCUT2D eigenvalue weighted by molar-refractivity contribution is 0.0900. The summed E-state index contributed by atoms with van der Waals surface area (Å²) in [6, 6.07) is 7.98. The van der Waals surface area contributed by atoms with Crippen molar-refractivity contribution in [1.82, 2.24) is 4.98 Å². The summed E-state index contributed by atoms with van der Waals surface area (Å²) < 4.78 is 0. The van der Waals surface area contributed by atoms with Gasteiger partial charge < -0.3 is 0 Å². The maximum atomic E-state index is 12.4. The third kappa shape index (κ3) is 2.10. The first kappa shape index (κ1) is 11.6. The Bertz CT molecular complexity index is 588. The number of fused-ring (bicyclic) bond motifs is 1. The Hall–Kier alpha value is -1.48. The van der Waals surface area contributed by atoms with Crippen LogP contribution in [0.1, 0.15) is 33.0 Å². The van der Waals surface area contributed by atoms with Crippen molar-refractivity contribution in [2.75, 3.05) is 0 Å². The van der Waals surface area contributed by atoms with Crippen LogP contribution in [-0.4, -0.2) is 10.8 Å². The number of aryl methyl sites for hydroxylation is 2. The third-order valence-electron chi connectivity index (χ3n) is 3.54. The van der Waals surface area contributed by atoms with Crippen molar-refractivity contribution in [1.29, 1.82) is 0 Å². The summed E-state index contributed by atoms with van der Waals surface area (Å²) in [4.78, 5) is 16.9. The van der Waals surface area contributed by atoms with Crippen molar-refractivity contribution >= 4 is 17.1 Å². The number of thiazole rings is 1. The van der Waals surface area contributed by atoms with E-state index < -0.39 is 0 Å². The highest BCUT2D eigenvalue weighted by molar-refractivity contribution is 7.09. The van der Waals surface area contributed by atoms with Gasteiger partial charge in [0.25, 0.3) is 0 Å². The monoisotopic (exact) mass is 257 g/mol. The Balaban J connectivity index is 1.82. The molecule has 0 N–H and O–H groups in total. The summed E-state index contributed by atoms with van der Waals surface area (Å²) in [6.07, 6.45) is 2.75. The second-order valence-corrected chi connectivity index (χ2v) is 5.88. The molecule has 1 aromatic carbocycles. The van der Waals surface area contributed by atoms with Crippen LogP contribution in [0.2, 0.25) is 0 Å². The summed E-state index contributed by atoms with van der Waals surface area (Å²) >= 11 is 1.66. The predicted octanol–water partition coefficient (Wildman–Crippen LogP) is 3.44. The Labute approximate surface area is 111 Å². The lowest BCUT2D eigenvalue weighted by Gasteiger charge is -2.22. The third-order valence-corrected chi connectivity index (χ3v) is 4.36. The van der Waals surface area contributed by atoms with Crippen LogP contribution in [0.3, 0.4) is 0 Å². The zero-order chi connectivity index (χ0) is 12.5. The SMILES string of the molecule is Cc1nc(CC2CCc3ccccc3C2=O)cs1. The van der Waals surface area contributed by atoms with Crippen LogP contribution in [0.4, 0.5) is 0 Å². The molecule has 18 heavy (non-hydrogen) atoms. The normalized spacial score (nSPS) is 18.7. The molecule has 92 valence electrons. The Kier molecular flexibility index (Phi) is 3.00. The maximum Gasteiger partial charge on any atom is 0.166 e. The summed E-state index contributed by atoms with van der Waals surface area (Å²) in [6.45, 7) is 2.01. The van der Waals surface area contributed by atoms with Crippen molar-refractivity contribution in [2.45, 2.75) is 26.2 Å². The van der Waals surface area contributed by atoms with E-state index in [1.165, 1.54) is 5.56 Å². The minimum absolute atomic E-state index is 0.112. The van der Waals surface area contributed by atoms with Gasteiger partial charge in [-0.2, -0.15) is 0 Å². The van der Waals surface area contributed by atoms with E-state index in [1.807, 2.05) is 25.1 Å². The fraction of sp³-hybridized carbons (Fsp3) is 0.333. The minimum atomic E-state index is 0.112. The summed E-state index contributed by atoms with van der Waals surface area (Å²) in [5, 5.41) is 3.15. The highest BCUT2D eigenvalue weighted by atomic mass is 32.1. The van der Waals surface area contributed by atoms with Crippen LogP contribution in [0, 0.1) is 12.8 Å². The molecular formula is C15H15NOS. The quantitative estimate of drug-likeness (QED) is 0.825. The van der Waals surface area contributed by atoms with Gasteiger partial charge in [-0.25, -0.2) is 4.98 Å². The minimum Gasteiger partial charge on any atom is -0.294 e. The molecule has 0 saturated carbocycles. The first-order valence-electron chi connectivity index (χ1n) is 6.27. The Morgan fingerprint density at radius 1 is 1.39 bits per heavy atom. The first-order chi connectivity index (χ1) is 8.74. The molecule has 0 fully saturated rings. The largest absolute Gasteiger partial charge is 0.294 e. The summed E-state index contributed by atoms with van der Waals surface area (Å²) in [5.74, 6) is 0.406. The summed E-state index contributed by atoms with van der Waals surface area (Å²) in [7, 11) is 0. The van der Waals surface area contributed by atoms with Crippen LogP contribution in [0.15, 0.2) is 29.6 Å². The predicted molar refractivity (Wildman–Crippen MR) is 73.1 cm³/mol. The number of carbonyl (C=O) groups is 1. The van der Waals surface area contributed by atoms with Gasteiger partial charge >= 0.3 is 0 Å². The van der Waals surface area contributed by atoms with Crippen molar-refractivity contribution in [3.63, 3.8) is 0 Å². The number of aromatic nitrogens is 1. The fourth-order valence-corrected chi connectivity index (χ4v) is 3.23. The number of hydrogen-bond donors (Lipinski definition) is 0. The molecule has 0 aliphatic heterocycles. The number of benzene rings is 1. The molecular weight excluding hydrogens is 242 g/mol. The molecule has 1 heterocycles. The second kappa shape index (κ2) is 4.65. The van der Waals surface area contributed by atoms with Gasteiger partial charge in [0, 0.05) is 23.3 Å². The number of ketones is 1. The zero-order valence-corrected chi connectivity index (χ0v) is 11.2. The number of hydrogen-bond acceptors (Lipinski definition) is 3. The number of carbonyl (C=O) groups excluding carboxylic acids is 1. The van der Waals surface area contributed by atoms with E-state index in [4.69, 9.17) is 0 Å². The van der Waals surface area contributed by atoms with E-state index in [0.717, 1.165) is 35.5 Å². The molecule has 1 aromatic heterocycles. The van der Waals surface area contributed by atoms with Gasteiger partial charge in [-0.05, 0) is 25.3 Å². The van der Waals surface area contributed by atoms with Crippen molar-refractivity contribution in [2.24, 2.45) is 5.92 Å². The van der Waals surface area contributed by atoms with Gasteiger partial charge in [0.2, 0.25) is 0 Å². The van der Waals surface area contributed by atoms with Crippen molar-refractivity contribution in [3.8, 4) is 0 Å². The molecule has 0 spiro atoms. The molecule has 0 amide bonds. The Morgan fingerprint density at radius 3 is 3.00 bits per heavy atom. The molecule has 0 radical (unpaired) electrons. The maximum absolute atomic E-state index is 12.4. The molecule has 1 atom stereocenters. The van der Waals surface area contributed by atoms with E-state index >= 15 is 0 Å². The topological polar surface area (TPSA) is 30.0 Å². The second-order valence-electron chi connectivity index (χ2n) is 4.82. The molecule has 3 rings (SSSR count). The number of rotatable bonds is 2. The standard InChI is InChI=1S/C15H15NOS/c1-10-16-13(9-18-10)8-12-7-6-11-4-2-3-5-14(11)15(12)17/h2-5,9,12H,6-8H2,1H3. The van der Waals surface area contributed by atoms with Gasteiger partial charge in [0.1, 0.15) is 0 Å². The molecule has 2 nitrogen and oxygen atoms in total. The van der Waals surface area contributed by atoms with Crippen LogP contribution in [0.5, 0.6) is 0 Å². The van der Waals surface area contributed by atoms with Gasteiger partial charge in [-0.1, -0.05) is 24.3 Å².